The Morgan fingerprint density at radius 1 is 1.23 bits per heavy atom. The summed E-state index contributed by atoms with van der Waals surface area (Å²) >= 11 is 6.28. The Bertz CT molecular complexity index is 657. The molecule has 2 aliphatic heterocycles. The summed E-state index contributed by atoms with van der Waals surface area (Å²) in [5.74, 6) is 0. The molecule has 0 radical (unpaired) electrons. The molecule has 1 aromatic rings. The van der Waals surface area contributed by atoms with Crippen LogP contribution in [0.2, 0.25) is 5.02 Å². The first-order valence-electron chi connectivity index (χ1n) is 9.47. The minimum absolute atomic E-state index is 0.00580. The van der Waals surface area contributed by atoms with E-state index in [9.17, 15) is 4.79 Å². The molecule has 4 rings (SSSR count). The van der Waals surface area contributed by atoms with Crippen LogP contribution >= 0.6 is 11.6 Å². The smallest absolute Gasteiger partial charge is 0.319 e. The summed E-state index contributed by atoms with van der Waals surface area (Å²) in [4.78, 5) is 14.7. The number of carbonyl (C=O) groups excluding carboxylic acids is 1. The number of hydrogen-bond donors (Lipinski definition) is 2. The van der Waals surface area contributed by atoms with Crippen molar-refractivity contribution in [2.75, 3.05) is 43.1 Å². The van der Waals surface area contributed by atoms with Crippen LogP contribution in [-0.4, -0.2) is 50.6 Å². The van der Waals surface area contributed by atoms with Gasteiger partial charge in [-0.15, -0.1) is 0 Å². The van der Waals surface area contributed by atoms with Crippen LogP contribution in [0, 0.1) is 0 Å². The number of amides is 2. The molecule has 26 heavy (non-hydrogen) atoms. The van der Waals surface area contributed by atoms with E-state index < -0.39 is 0 Å². The molecule has 2 saturated heterocycles. The zero-order chi connectivity index (χ0) is 18.0. The number of nitrogens with one attached hydrogen (secondary N) is 2. The first kappa shape index (κ1) is 17.9. The van der Waals surface area contributed by atoms with E-state index in [-0.39, 0.29) is 17.7 Å². The number of halogens is 1. The van der Waals surface area contributed by atoms with Crippen LogP contribution in [0.25, 0.3) is 0 Å². The average Bonchev–Trinajstić information content (AvgIpc) is 3.27. The number of ether oxygens (including phenoxy) is 2. The molecule has 7 heteroatoms. The van der Waals surface area contributed by atoms with E-state index in [0.29, 0.717) is 17.3 Å². The van der Waals surface area contributed by atoms with E-state index in [2.05, 4.69) is 15.5 Å². The Kier molecular flexibility index (Phi) is 5.25. The molecule has 1 aliphatic carbocycles. The van der Waals surface area contributed by atoms with Crippen LogP contribution in [0.4, 0.5) is 16.2 Å². The number of carbonyl (C=O) groups is 1. The average molecular weight is 380 g/mol. The Labute approximate surface area is 159 Å². The van der Waals surface area contributed by atoms with E-state index >= 15 is 0 Å². The molecule has 3 aliphatic rings. The van der Waals surface area contributed by atoms with Crippen LogP contribution in [-0.2, 0) is 9.47 Å². The highest BCUT2D eigenvalue weighted by Gasteiger charge is 2.42. The molecule has 1 atom stereocenters. The van der Waals surface area contributed by atoms with Crippen LogP contribution in [0.15, 0.2) is 18.2 Å². The third kappa shape index (κ3) is 3.92. The normalized spacial score (nSPS) is 24.8. The standard InChI is InChI=1S/C19H26ClN3O3/c20-16-4-3-15(23-7-9-25-10-8-23)11-17(16)22-18(24)21-14-12-19(26-13-14)5-1-2-6-19/h3-4,11,14H,1-2,5-10,12-13H2,(H2,21,22,24). The molecule has 2 amide bonds. The molecular weight excluding hydrogens is 354 g/mol. The third-order valence-electron chi connectivity index (χ3n) is 5.63. The highest BCUT2D eigenvalue weighted by molar-refractivity contribution is 6.33. The van der Waals surface area contributed by atoms with Crippen LogP contribution in [0.1, 0.15) is 32.1 Å². The summed E-state index contributed by atoms with van der Waals surface area (Å²) in [7, 11) is 0. The Balaban J connectivity index is 1.36. The molecule has 1 saturated carbocycles. The van der Waals surface area contributed by atoms with Crippen molar-refractivity contribution in [1.82, 2.24) is 5.32 Å². The van der Waals surface area contributed by atoms with Gasteiger partial charge in [0.15, 0.2) is 0 Å². The minimum atomic E-state index is -0.227. The van der Waals surface area contributed by atoms with E-state index in [1.165, 1.54) is 12.8 Å². The van der Waals surface area contributed by atoms with Crippen LogP contribution in [0.5, 0.6) is 0 Å². The lowest BCUT2D eigenvalue weighted by Gasteiger charge is -2.29. The molecular formula is C19H26ClN3O3. The van der Waals surface area contributed by atoms with Gasteiger partial charge in [0.25, 0.3) is 0 Å². The summed E-state index contributed by atoms with van der Waals surface area (Å²) < 4.78 is 11.4. The van der Waals surface area contributed by atoms with Gasteiger partial charge in [-0.1, -0.05) is 24.4 Å². The van der Waals surface area contributed by atoms with Gasteiger partial charge in [-0.05, 0) is 37.5 Å². The van der Waals surface area contributed by atoms with Gasteiger partial charge in [0.05, 0.1) is 42.2 Å². The van der Waals surface area contributed by atoms with Crippen molar-refractivity contribution in [1.29, 1.82) is 0 Å². The maximum Gasteiger partial charge on any atom is 0.319 e. The first-order valence-corrected chi connectivity index (χ1v) is 9.85. The first-order chi connectivity index (χ1) is 12.6. The number of hydrogen-bond acceptors (Lipinski definition) is 4. The largest absolute Gasteiger partial charge is 0.378 e. The van der Waals surface area contributed by atoms with Crippen molar-refractivity contribution in [3.63, 3.8) is 0 Å². The lowest BCUT2D eigenvalue weighted by Crippen LogP contribution is -2.39. The second-order valence-corrected chi connectivity index (χ2v) is 7.87. The SMILES string of the molecule is O=C(Nc1cc(N2CCOCC2)ccc1Cl)NC1COC2(CCCC2)C1. The van der Waals surface area contributed by atoms with E-state index in [0.717, 1.165) is 51.3 Å². The Hall–Kier alpha value is -1.50. The highest BCUT2D eigenvalue weighted by atomic mass is 35.5. The molecule has 2 heterocycles. The van der Waals surface area contributed by atoms with Crippen molar-refractivity contribution in [2.24, 2.45) is 0 Å². The fourth-order valence-electron chi connectivity index (χ4n) is 4.28. The van der Waals surface area contributed by atoms with Gasteiger partial charge in [-0.25, -0.2) is 4.79 Å². The number of morpholine rings is 1. The number of benzene rings is 1. The number of nitrogens with zero attached hydrogens (tertiary/aromatic N) is 1. The predicted molar refractivity (Wildman–Crippen MR) is 102 cm³/mol. The monoisotopic (exact) mass is 379 g/mol. The summed E-state index contributed by atoms with van der Waals surface area (Å²) in [6.07, 6.45) is 5.58. The van der Waals surface area contributed by atoms with E-state index in [4.69, 9.17) is 21.1 Å². The fraction of sp³-hybridized carbons (Fsp3) is 0.632. The number of urea groups is 1. The summed E-state index contributed by atoms with van der Waals surface area (Å²) in [6, 6.07) is 5.57. The number of rotatable bonds is 3. The van der Waals surface area contributed by atoms with Gasteiger partial charge < -0.3 is 25.0 Å². The molecule has 6 nitrogen and oxygen atoms in total. The van der Waals surface area contributed by atoms with Crippen molar-refractivity contribution < 1.29 is 14.3 Å². The van der Waals surface area contributed by atoms with E-state index in [1.807, 2.05) is 18.2 Å². The lowest BCUT2D eigenvalue weighted by molar-refractivity contribution is 0.00998. The second kappa shape index (κ2) is 7.62. The van der Waals surface area contributed by atoms with Crippen molar-refractivity contribution in [2.45, 2.75) is 43.7 Å². The molecule has 3 fully saturated rings. The van der Waals surface area contributed by atoms with Crippen molar-refractivity contribution in [3.05, 3.63) is 23.2 Å². The summed E-state index contributed by atoms with van der Waals surface area (Å²) in [6.45, 7) is 3.71. The zero-order valence-corrected chi connectivity index (χ0v) is 15.7. The molecule has 1 spiro atoms. The molecule has 0 aromatic heterocycles. The van der Waals surface area contributed by atoms with Gasteiger partial charge in [0.1, 0.15) is 0 Å². The van der Waals surface area contributed by atoms with Gasteiger partial charge in [0.2, 0.25) is 0 Å². The van der Waals surface area contributed by atoms with Gasteiger partial charge in [-0.3, -0.25) is 0 Å². The maximum absolute atomic E-state index is 12.4. The van der Waals surface area contributed by atoms with Gasteiger partial charge >= 0.3 is 6.03 Å². The molecule has 1 aromatic carbocycles. The van der Waals surface area contributed by atoms with Crippen molar-refractivity contribution in [3.8, 4) is 0 Å². The quantitative estimate of drug-likeness (QED) is 0.844. The molecule has 1 unspecified atom stereocenters. The maximum atomic E-state index is 12.4. The molecule has 0 bridgehead atoms. The van der Waals surface area contributed by atoms with Gasteiger partial charge in [-0.2, -0.15) is 0 Å². The predicted octanol–water partition coefficient (Wildman–Crippen LogP) is 3.40. The minimum Gasteiger partial charge on any atom is -0.378 e. The lowest BCUT2D eigenvalue weighted by atomic mass is 9.96. The molecule has 142 valence electrons. The van der Waals surface area contributed by atoms with Gasteiger partial charge in [0, 0.05) is 18.8 Å². The van der Waals surface area contributed by atoms with Crippen LogP contribution < -0.4 is 15.5 Å². The topological polar surface area (TPSA) is 62.8 Å². The number of anilines is 2. The van der Waals surface area contributed by atoms with Crippen LogP contribution in [0.3, 0.4) is 0 Å². The Morgan fingerprint density at radius 3 is 2.77 bits per heavy atom. The van der Waals surface area contributed by atoms with E-state index in [1.54, 1.807) is 0 Å². The zero-order valence-electron chi connectivity index (χ0n) is 14.9. The van der Waals surface area contributed by atoms with Crippen molar-refractivity contribution >= 4 is 29.0 Å². The highest BCUT2D eigenvalue weighted by Crippen LogP contribution is 2.40. The summed E-state index contributed by atoms with van der Waals surface area (Å²) in [5, 5.41) is 6.47. The fourth-order valence-corrected chi connectivity index (χ4v) is 4.44. The second-order valence-electron chi connectivity index (χ2n) is 7.46. The summed E-state index contributed by atoms with van der Waals surface area (Å²) in [5.41, 5.74) is 1.68. The Morgan fingerprint density at radius 2 is 2.00 bits per heavy atom. The molecule has 2 N–H and O–H groups in total. The third-order valence-corrected chi connectivity index (χ3v) is 5.96.